The molecule has 4 nitrogen and oxygen atoms in total. The molecule has 1 unspecified atom stereocenters. The Morgan fingerprint density at radius 3 is 1.74 bits per heavy atom. The standard InChI is InChI=1S/C26H27NO.C2HF3O2/c28-26(22-11-5-2-6-12-22,25-15-18-27(19-16-25)20-17-25)24-14-8-7-13-23(24)21-9-3-1-4-10-21;3-2(4,5)1(6)7/h1-14,28H,15-20H2;(H,6,7). The van der Waals surface area contributed by atoms with E-state index >= 15 is 0 Å². The quantitative estimate of drug-likeness (QED) is 0.499. The van der Waals surface area contributed by atoms with Gasteiger partial charge in [0.2, 0.25) is 0 Å². The summed E-state index contributed by atoms with van der Waals surface area (Å²) >= 11 is 0. The minimum atomic E-state index is -5.08. The topological polar surface area (TPSA) is 60.8 Å². The molecule has 7 heteroatoms. The van der Waals surface area contributed by atoms with Gasteiger partial charge in [-0.3, -0.25) is 0 Å². The predicted molar refractivity (Wildman–Crippen MR) is 128 cm³/mol. The van der Waals surface area contributed by atoms with E-state index in [4.69, 9.17) is 9.90 Å². The van der Waals surface area contributed by atoms with Crippen LogP contribution in [-0.2, 0) is 10.4 Å². The molecule has 3 aromatic rings. The van der Waals surface area contributed by atoms with Gasteiger partial charge in [0.1, 0.15) is 5.60 Å². The molecule has 6 rings (SSSR count). The third-order valence-electron chi connectivity index (χ3n) is 7.32. The van der Waals surface area contributed by atoms with Crippen LogP contribution < -0.4 is 0 Å². The summed E-state index contributed by atoms with van der Waals surface area (Å²) in [7, 11) is 0. The van der Waals surface area contributed by atoms with Gasteiger partial charge in [-0.2, -0.15) is 13.2 Å². The number of rotatable bonds is 4. The average molecular weight is 484 g/mol. The van der Waals surface area contributed by atoms with E-state index in [1.165, 1.54) is 0 Å². The van der Waals surface area contributed by atoms with Gasteiger partial charge in [0.15, 0.2) is 0 Å². The summed E-state index contributed by atoms with van der Waals surface area (Å²) in [5.74, 6) is -2.76. The minimum absolute atomic E-state index is 0.117. The molecular formula is C28H28F3NO3. The molecule has 2 bridgehead atoms. The molecule has 3 aromatic carbocycles. The van der Waals surface area contributed by atoms with Gasteiger partial charge in [-0.25, -0.2) is 4.79 Å². The predicted octanol–water partition coefficient (Wildman–Crippen LogP) is 5.71. The lowest BCUT2D eigenvalue weighted by Crippen LogP contribution is -2.58. The van der Waals surface area contributed by atoms with Crippen LogP contribution >= 0.6 is 0 Å². The zero-order valence-corrected chi connectivity index (χ0v) is 19.2. The number of aliphatic carboxylic acids is 1. The number of carboxylic acids is 1. The lowest BCUT2D eigenvalue weighted by atomic mass is 9.56. The zero-order valence-electron chi connectivity index (χ0n) is 19.2. The second-order valence-corrected chi connectivity index (χ2v) is 9.16. The fraction of sp³-hybridized carbons (Fsp3) is 0.321. The molecule has 0 aromatic heterocycles. The smallest absolute Gasteiger partial charge is 0.475 e. The molecular weight excluding hydrogens is 455 g/mol. The average Bonchev–Trinajstić information content (AvgIpc) is 2.90. The van der Waals surface area contributed by atoms with Crippen molar-refractivity contribution in [2.45, 2.75) is 31.0 Å². The molecule has 3 fully saturated rings. The monoisotopic (exact) mass is 483 g/mol. The molecule has 35 heavy (non-hydrogen) atoms. The Morgan fingerprint density at radius 1 is 0.771 bits per heavy atom. The van der Waals surface area contributed by atoms with E-state index < -0.39 is 17.7 Å². The van der Waals surface area contributed by atoms with E-state index in [9.17, 15) is 18.3 Å². The van der Waals surface area contributed by atoms with Crippen molar-refractivity contribution in [2.24, 2.45) is 5.41 Å². The van der Waals surface area contributed by atoms with Gasteiger partial charge in [0.05, 0.1) is 0 Å². The third-order valence-corrected chi connectivity index (χ3v) is 7.32. The number of nitrogens with zero attached hydrogens (tertiary/aromatic N) is 1. The second-order valence-electron chi connectivity index (χ2n) is 9.16. The highest BCUT2D eigenvalue weighted by Gasteiger charge is 2.56. The van der Waals surface area contributed by atoms with Gasteiger partial charge in [0, 0.05) is 5.41 Å². The van der Waals surface area contributed by atoms with Gasteiger partial charge in [-0.15, -0.1) is 0 Å². The SMILES string of the molecule is O=C(O)C(F)(F)F.OC(c1ccccc1)(c1ccccc1-c1ccccc1)C12CCN(CC1)CC2. The van der Waals surface area contributed by atoms with Crippen molar-refractivity contribution in [1.29, 1.82) is 0 Å². The van der Waals surface area contributed by atoms with Crippen molar-refractivity contribution in [2.75, 3.05) is 19.6 Å². The lowest BCUT2D eigenvalue weighted by Gasteiger charge is -2.57. The number of piperidine rings is 3. The fourth-order valence-electron chi connectivity index (χ4n) is 5.46. The van der Waals surface area contributed by atoms with Crippen molar-refractivity contribution in [1.82, 2.24) is 4.90 Å². The Hall–Kier alpha value is -3.16. The largest absolute Gasteiger partial charge is 0.490 e. The first-order valence-corrected chi connectivity index (χ1v) is 11.6. The van der Waals surface area contributed by atoms with Gasteiger partial charge in [-0.1, -0.05) is 84.9 Å². The van der Waals surface area contributed by atoms with E-state index in [-0.39, 0.29) is 5.41 Å². The number of aliphatic hydroxyl groups is 1. The van der Waals surface area contributed by atoms with Crippen LogP contribution in [0, 0.1) is 5.41 Å². The first kappa shape index (κ1) is 24.9. The van der Waals surface area contributed by atoms with Crippen LogP contribution in [0.4, 0.5) is 13.2 Å². The van der Waals surface area contributed by atoms with E-state index in [2.05, 4.69) is 77.7 Å². The molecule has 184 valence electrons. The number of hydrogen-bond donors (Lipinski definition) is 2. The van der Waals surface area contributed by atoms with E-state index in [0.29, 0.717) is 0 Å². The Bertz CT molecular complexity index is 1130. The summed E-state index contributed by atoms with van der Waals surface area (Å²) in [5.41, 5.74) is 3.26. The van der Waals surface area contributed by atoms with Gasteiger partial charge >= 0.3 is 12.1 Å². The molecule has 3 heterocycles. The molecule has 0 spiro atoms. The first-order valence-electron chi connectivity index (χ1n) is 11.6. The highest BCUT2D eigenvalue weighted by Crippen LogP contribution is 2.57. The maximum atomic E-state index is 12.7. The molecule has 3 aliphatic heterocycles. The number of hydrogen-bond acceptors (Lipinski definition) is 3. The molecule has 0 radical (unpaired) electrons. The highest BCUT2D eigenvalue weighted by atomic mass is 19.4. The van der Waals surface area contributed by atoms with E-state index in [1.807, 2.05) is 12.1 Å². The summed E-state index contributed by atoms with van der Waals surface area (Å²) in [6, 6.07) is 29.3. The highest BCUT2D eigenvalue weighted by molar-refractivity contribution is 5.73. The Balaban J connectivity index is 0.000000364. The van der Waals surface area contributed by atoms with Crippen molar-refractivity contribution in [3.63, 3.8) is 0 Å². The van der Waals surface area contributed by atoms with Gasteiger partial charge in [0.25, 0.3) is 0 Å². The summed E-state index contributed by atoms with van der Waals surface area (Å²) in [5, 5.41) is 19.8. The number of benzene rings is 3. The summed E-state index contributed by atoms with van der Waals surface area (Å²) in [4.78, 5) is 11.4. The number of alkyl halides is 3. The van der Waals surface area contributed by atoms with Crippen molar-refractivity contribution >= 4 is 5.97 Å². The molecule has 3 aliphatic rings. The Morgan fingerprint density at radius 2 is 1.23 bits per heavy atom. The molecule has 3 saturated heterocycles. The normalized spacial score (nSPS) is 23.0. The fourth-order valence-corrected chi connectivity index (χ4v) is 5.46. The molecule has 1 atom stereocenters. The Labute approximate surface area is 202 Å². The summed E-state index contributed by atoms with van der Waals surface area (Å²) in [6.45, 7) is 3.26. The molecule has 0 aliphatic carbocycles. The molecule has 2 N–H and O–H groups in total. The number of halogens is 3. The van der Waals surface area contributed by atoms with Crippen LogP contribution in [0.15, 0.2) is 84.9 Å². The van der Waals surface area contributed by atoms with Crippen molar-refractivity contribution in [3.05, 3.63) is 96.1 Å². The molecule has 0 saturated carbocycles. The summed E-state index contributed by atoms with van der Waals surface area (Å²) < 4.78 is 31.7. The molecule has 0 amide bonds. The maximum Gasteiger partial charge on any atom is 0.490 e. The van der Waals surface area contributed by atoms with Gasteiger partial charge < -0.3 is 15.1 Å². The number of carbonyl (C=O) groups is 1. The van der Waals surface area contributed by atoms with Crippen molar-refractivity contribution < 1.29 is 28.2 Å². The first-order chi connectivity index (χ1) is 16.7. The lowest BCUT2D eigenvalue weighted by molar-refractivity contribution is -0.192. The van der Waals surface area contributed by atoms with Crippen LogP contribution in [0.1, 0.15) is 30.4 Å². The van der Waals surface area contributed by atoms with E-state index in [1.54, 1.807) is 0 Å². The van der Waals surface area contributed by atoms with Crippen LogP contribution in [0.5, 0.6) is 0 Å². The third kappa shape index (κ3) is 4.83. The maximum absolute atomic E-state index is 12.7. The van der Waals surface area contributed by atoms with Crippen molar-refractivity contribution in [3.8, 4) is 11.1 Å². The number of carboxylic acid groups (broad SMARTS) is 1. The second kappa shape index (κ2) is 9.84. The zero-order chi connectivity index (χ0) is 25.1. The van der Waals surface area contributed by atoms with E-state index in [0.717, 1.165) is 61.2 Å². The van der Waals surface area contributed by atoms with Crippen LogP contribution in [-0.4, -0.2) is 46.9 Å². The van der Waals surface area contributed by atoms with Crippen LogP contribution in [0.25, 0.3) is 11.1 Å². The Kier molecular flexibility index (Phi) is 7.01. The van der Waals surface area contributed by atoms with Crippen LogP contribution in [0.3, 0.4) is 0 Å². The van der Waals surface area contributed by atoms with Gasteiger partial charge in [-0.05, 0) is 61.2 Å². The van der Waals surface area contributed by atoms with Crippen LogP contribution in [0.2, 0.25) is 0 Å². The number of fused-ring (bicyclic) bond motifs is 3. The minimum Gasteiger partial charge on any atom is -0.475 e. The summed E-state index contributed by atoms with van der Waals surface area (Å²) in [6.07, 6.45) is -1.95.